The number of hydrogen-bond donors (Lipinski definition) is 2. The van der Waals surface area contributed by atoms with Crippen molar-refractivity contribution in [2.75, 3.05) is 27.2 Å². The predicted octanol–water partition coefficient (Wildman–Crippen LogP) is 3.70. The molecule has 0 atom stereocenters. The summed E-state index contributed by atoms with van der Waals surface area (Å²) >= 11 is 0. The standard InChI is InChI=1S/C23H38N4O/c1-6-24-23(26-21-12-10-19(11-13-21)17(2)3)25-15-14-18-8-7-9-20(16-18)22(28)27(4)5/h7-9,16-17,19,21H,6,10-15H2,1-5H3,(H2,24,25,26). The van der Waals surface area contributed by atoms with Gasteiger partial charge in [0.25, 0.3) is 5.91 Å². The fourth-order valence-corrected chi connectivity index (χ4v) is 3.86. The number of carbonyl (C=O) groups is 1. The summed E-state index contributed by atoms with van der Waals surface area (Å²) in [6.07, 6.45) is 5.89. The first-order chi connectivity index (χ1) is 13.4. The molecule has 1 saturated carbocycles. The SMILES string of the molecule is CCNC(=NCCc1cccc(C(=O)N(C)C)c1)NC1CCC(C(C)C)CC1. The highest BCUT2D eigenvalue weighted by Gasteiger charge is 2.23. The van der Waals surface area contributed by atoms with Crippen molar-refractivity contribution in [3.8, 4) is 0 Å². The Morgan fingerprint density at radius 2 is 1.93 bits per heavy atom. The zero-order valence-corrected chi connectivity index (χ0v) is 18.3. The molecule has 0 aromatic heterocycles. The normalized spacial score (nSPS) is 20.1. The number of guanidine groups is 1. The predicted molar refractivity (Wildman–Crippen MR) is 118 cm³/mol. The summed E-state index contributed by atoms with van der Waals surface area (Å²) in [5.41, 5.74) is 1.88. The van der Waals surface area contributed by atoms with Crippen molar-refractivity contribution >= 4 is 11.9 Å². The van der Waals surface area contributed by atoms with Gasteiger partial charge in [-0.25, -0.2) is 0 Å². The van der Waals surface area contributed by atoms with Crippen molar-refractivity contribution in [3.05, 3.63) is 35.4 Å². The number of benzene rings is 1. The van der Waals surface area contributed by atoms with E-state index >= 15 is 0 Å². The zero-order chi connectivity index (χ0) is 20.5. The van der Waals surface area contributed by atoms with Crippen LogP contribution in [0.25, 0.3) is 0 Å². The fourth-order valence-electron chi connectivity index (χ4n) is 3.86. The van der Waals surface area contributed by atoms with E-state index in [9.17, 15) is 4.79 Å². The van der Waals surface area contributed by atoms with Crippen LogP contribution in [-0.4, -0.2) is 50.0 Å². The van der Waals surface area contributed by atoms with Crippen LogP contribution in [0.5, 0.6) is 0 Å². The Bertz CT molecular complexity index is 646. The van der Waals surface area contributed by atoms with Crippen molar-refractivity contribution < 1.29 is 4.79 Å². The van der Waals surface area contributed by atoms with Crippen LogP contribution in [0.2, 0.25) is 0 Å². The molecule has 2 N–H and O–H groups in total. The number of carbonyl (C=O) groups excluding carboxylic acids is 1. The van der Waals surface area contributed by atoms with Crippen molar-refractivity contribution in [1.29, 1.82) is 0 Å². The van der Waals surface area contributed by atoms with Gasteiger partial charge in [0.05, 0.1) is 0 Å². The van der Waals surface area contributed by atoms with Crippen LogP contribution < -0.4 is 10.6 Å². The number of aliphatic imine (C=N–C) groups is 1. The second kappa shape index (κ2) is 11.1. The summed E-state index contributed by atoms with van der Waals surface area (Å²) in [4.78, 5) is 18.5. The minimum absolute atomic E-state index is 0.0392. The van der Waals surface area contributed by atoms with Crippen molar-refractivity contribution in [3.63, 3.8) is 0 Å². The van der Waals surface area contributed by atoms with Crippen molar-refractivity contribution in [1.82, 2.24) is 15.5 Å². The number of amides is 1. The molecule has 28 heavy (non-hydrogen) atoms. The van der Waals surface area contributed by atoms with Crippen LogP contribution in [0.4, 0.5) is 0 Å². The van der Waals surface area contributed by atoms with Gasteiger partial charge < -0.3 is 15.5 Å². The molecule has 0 bridgehead atoms. The summed E-state index contributed by atoms with van der Waals surface area (Å²) in [5, 5.41) is 7.00. The highest BCUT2D eigenvalue weighted by atomic mass is 16.2. The van der Waals surface area contributed by atoms with E-state index in [0.717, 1.165) is 41.9 Å². The molecule has 1 aliphatic carbocycles. The van der Waals surface area contributed by atoms with Gasteiger partial charge in [-0.2, -0.15) is 0 Å². The molecule has 0 saturated heterocycles. The molecule has 1 amide bonds. The van der Waals surface area contributed by atoms with Crippen molar-refractivity contribution in [2.45, 2.75) is 58.9 Å². The van der Waals surface area contributed by atoms with E-state index in [0.29, 0.717) is 12.6 Å². The second-order valence-corrected chi connectivity index (χ2v) is 8.41. The Labute approximate surface area is 171 Å². The molecule has 5 nitrogen and oxygen atoms in total. The summed E-state index contributed by atoms with van der Waals surface area (Å²) in [6, 6.07) is 8.38. The summed E-state index contributed by atoms with van der Waals surface area (Å²) < 4.78 is 0. The Morgan fingerprint density at radius 1 is 1.21 bits per heavy atom. The topological polar surface area (TPSA) is 56.7 Å². The molecular weight excluding hydrogens is 348 g/mol. The summed E-state index contributed by atoms with van der Waals surface area (Å²) in [6.45, 7) is 8.34. The number of rotatable bonds is 7. The molecule has 5 heteroatoms. The van der Waals surface area contributed by atoms with E-state index < -0.39 is 0 Å². The van der Waals surface area contributed by atoms with Gasteiger partial charge >= 0.3 is 0 Å². The summed E-state index contributed by atoms with van der Waals surface area (Å²) in [5.74, 6) is 2.61. The monoisotopic (exact) mass is 386 g/mol. The van der Waals surface area contributed by atoms with E-state index in [1.807, 2.05) is 18.2 Å². The average molecular weight is 387 g/mol. The van der Waals surface area contributed by atoms with Gasteiger partial charge in [-0.3, -0.25) is 9.79 Å². The van der Waals surface area contributed by atoms with E-state index in [1.165, 1.54) is 25.7 Å². The Kier molecular flexibility index (Phi) is 8.81. The lowest BCUT2D eigenvalue weighted by molar-refractivity contribution is 0.0827. The Balaban J connectivity index is 1.89. The molecule has 0 heterocycles. The Morgan fingerprint density at radius 3 is 2.54 bits per heavy atom. The third-order valence-electron chi connectivity index (χ3n) is 5.65. The van der Waals surface area contributed by atoms with Gasteiger partial charge in [-0.15, -0.1) is 0 Å². The van der Waals surface area contributed by atoms with E-state index in [1.54, 1.807) is 19.0 Å². The highest BCUT2D eigenvalue weighted by molar-refractivity contribution is 5.94. The van der Waals surface area contributed by atoms with Gasteiger partial charge in [0, 0.05) is 38.8 Å². The summed E-state index contributed by atoms with van der Waals surface area (Å²) in [7, 11) is 3.56. The molecular formula is C23H38N4O. The van der Waals surface area contributed by atoms with Crippen LogP contribution in [0, 0.1) is 11.8 Å². The van der Waals surface area contributed by atoms with Crippen LogP contribution >= 0.6 is 0 Å². The van der Waals surface area contributed by atoms with Crippen LogP contribution in [0.1, 0.15) is 62.4 Å². The number of nitrogens with zero attached hydrogens (tertiary/aromatic N) is 2. The molecule has 1 aromatic carbocycles. The minimum atomic E-state index is 0.0392. The third kappa shape index (κ3) is 6.84. The third-order valence-corrected chi connectivity index (χ3v) is 5.65. The molecule has 1 fully saturated rings. The molecule has 1 aliphatic rings. The molecule has 2 rings (SSSR count). The average Bonchev–Trinajstić information content (AvgIpc) is 2.68. The second-order valence-electron chi connectivity index (χ2n) is 8.41. The van der Waals surface area contributed by atoms with Gasteiger partial charge in [0.2, 0.25) is 0 Å². The van der Waals surface area contributed by atoms with E-state index in [-0.39, 0.29) is 5.91 Å². The fraction of sp³-hybridized carbons (Fsp3) is 0.652. The van der Waals surface area contributed by atoms with Gasteiger partial charge in [-0.1, -0.05) is 26.0 Å². The maximum atomic E-state index is 12.1. The number of nitrogens with one attached hydrogen (secondary N) is 2. The first kappa shape index (κ1) is 22.3. The Hall–Kier alpha value is -2.04. The smallest absolute Gasteiger partial charge is 0.253 e. The van der Waals surface area contributed by atoms with Crippen LogP contribution in [0.3, 0.4) is 0 Å². The lowest BCUT2D eigenvalue weighted by Crippen LogP contribution is -2.45. The van der Waals surface area contributed by atoms with Crippen molar-refractivity contribution in [2.24, 2.45) is 16.8 Å². The first-order valence-corrected chi connectivity index (χ1v) is 10.8. The van der Waals surface area contributed by atoms with Gasteiger partial charge in [0.1, 0.15) is 0 Å². The van der Waals surface area contributed by atoms with Crippen LogP contribution in [-0.2, 0) is 6.42 Å². The maximum absolute atomic E-state index is 12.1. The lowest BCUT2D eigenvalue weighted by atomic mass is 9.80. The first-order valence-electron chi connectivity index (χ1n) is 10.8. The molecule has 0 aliphatic heterocycles. The highest BCUT2D eigenvalue weighted by Crippen LogP contribution is 2.29. The van der Waals surface area contributed by atoms with Gasteiger partial charge in [-0.05, 0) is 68.6 Å². The van der Waals surface area contributed by atoms with E-state index in [2.05, 4.69) is 37.5 Å². The van der Waals surface area contributed by atoms with Crippen LogP contribution in [0.15, 0.2) is 29.3 Å². The molecule has 0 unspecified atom stereocenters. The van der Waals surface area contributed by atoms with Gasteiger partial charge in [0.15, 0.2) is 5.96 Å². The largest absolute Gasteiger partial charge is 0.357 e. The molecule has 0 radical (unpaired) electrons. The van der Waals surface area contributed by atoms with E-state index in [4.69, 9.17) is 4.99 Å². The lowest BCUT2D eigenvalue weighted by Gasteiger charge is -2.32. The number of hydrogen-bond acceptors (Lipinski definition) is 2. The molecule has 1 aromatic rings. The quantitative estimate of drug-likeness (QED) is 0.555. The minimum Gasteiger partial charge on any atom is -0.357 e. The molecule has 0 spiro atoms. The zero-order valence-electron chi connectivity index (χ0n) is 18.3. The maximum Gasteiger partial charge on any atom is 0.253 e. The molecule has 156 valence electrons.